The van der Waals surface area contributed by atoms with E-state index in [0.29, 0.717) is 24.7 Å². The minimum Gasteiger partial charge on any atom is -0.342 e. The van der Waals surface area contributed by atoms with Crippen molar-refractivity contribution in [3.63, 3.8) is 0 Å². The second-order valence-corrected chi connectivity index (χ2v) is 7.11. The van der Waals surface area contributed by atoms with E-state index in [-0.39, 0.29) is 11.3 Å². The van der Waals surface area contributed by atoms with Gasteiger partial charge < -0.3 is 9.80 Å². The Bertz CT molecular complexity index is 606. The SMILES string of the molecule is O=C(c1cnccn1)N1CCC2(CC1)CCN(CC1CC1)C2=O. The van der Waals surface area contributed by atoms with Crippen molar-refractivity contribution in [2.75, 3.05) is 26.2 Å². The molecule has 122 valence electrons. The Balaban J connectivity index is 1.39. The number of nitrogens with zero attached hydrogens (tertiary/aromatic N) is 4. The van der Waals surface area contributed by atoms with Crippen molar-refractivity contribution < 1.29 is 9.59 Å². The molecule has 3 aliphatic rings. The van der Waals surface area contributed by atoms with Crippen LogP contribution >= 0.6 is 0 Å². The molecule has 2 saturated heterocycles. The summed E-state index contributed by atoms with van der Waals surface area (Å²) in [4.78, 5) is 37.1. The lowest BCUT2D eigenvalue weighted by molar-refractivity contribution is -0.138. The number of likely N-dealkylation sites (tertiary alicyclic amines) is 2. The molecule has 1 spiro atoms. The molecule has 0 unspecified atom stereocenters. The van der Waals surface area contributed by atoms with E-state index in [9.17, 15) is 9.59 Å². The molecule has 0 N–H and O–H groups in total. The van der Waals surface area contributed by atoms with Crippen LogP contribution in [0.25, 0.3) is 0 Å². The first-order valence-electron chi connectivity index (χ1n) is 8.53. The molecule has 23 heavy (non-hydrogen) atoms. The van der Waals surface area contributed by atoms with Crippen LogP contribution in [0.2, 0.25) is 0 Å². The van der Waals surface area contributed by atoms with Gasteiger partial charge in [0, 0.05) is 38.6 Å². The molecule has 4 rings (SSSR count). The van der Waals surface area contributed by atoms with Gasteiger partial charge in [0.05, 0.1) is 11.6 Å². The van der Waals surface area contributed by atoms with Gasteiger partial charge in [0.1, 0.15) is 5.69 Å². The Morgan fingerprint density at radius 1 is 1.17 bits per heavy atom. The zero-order valence-corrected chi connectivity index (χ0v) is 13.3. The molecular weight excluding hydrogens is 292 g/mol. The van der Waals surface area contributed by atoms with E-state index in [0.717, 1.165) is 38.3 Å². The molecular formula is C17H22N4O2. The Morgan fingerprint density at radius 3 is 2.57 bits per heavy atom. The highest BCUT2D eigenvalue weighted by atomic mass is 16.2. The topological polar surface area (TPSA) is 66.4 Å². The standard InChI is InChI=1S/C17H22N4O2/c22-15(14-11-18-6-7-19-14)20-8-3-17(4-9-20)5-10-21(16(17)23)12-13-1-2-13/h6-7,11,13H,1-5,8-10,12H2. The predicted molar refractivity (Wildman–Crippen MR) is 83.5 cm³/mol. The number of rotatable bonds is 3. The monoisotopic (exact) mass is 314 g/mol. The lowest BCUT2D eigenvalue weighted by atomic mass is 9.77. The van der Waals surface area contributed by atoms with Crippen LogP contribution in [0, 0.1) is 11.3 Å². The van der Waals surface area contributed by atoms with Crippen LogP contribution in [-0.4, -0.2) is 57.8 Å². The average molecular weight is 314 g/mol. The third-order valence-corrected chi connectivity index (χ3v) is 5.57. The summed E-state index contributed by atoms with van der Waals surface area (Å²) in [6, 6.07) is 0. The van der Waals surface area contributed by atoms with Gasteiger partial charge in [-0.15, -0.1) is 0 Å². The van der Waals surface area contributed by atoms with Crippen LogP contribution in [-0.2, 0) is 4.79 Å². The maximum atomic E-state index is 12.8. The smallest absolute Gasteiger partial charge is 0.274 e. The number of carbonyl (C=O) groups excluding carboxylic acids is 2. The van der Waals surface area contributed by atoms with E-state index in [1.54, 1.807) is 6.20 Å². The van der Waals surface area contributed by atoms with Crippen molar-refractivity contribution >= 4 is 11.8 Å². The average Bonchev–Trinajstić information content (AvgIpc) is 3.38. The highest BCUT2D eigenvalue weighted by Crippen LogP contribution is 2.43. The van der Waals surface area contributed by atoms with Gasteiger partial charge in [-0.2, -0.15) is 0 Å². The van der Waals surface area contributed by atoms with Crippen molar-refractivity contribution in [2.24, 2.45) is 11.3 Å². The molecule has 0 radical (unpaired) electrons. The van der Waals surface area contributed by atoms with Gasteiger partial charge in [-0.3, -0.25) is 14.6 Å². The predicted octanol–water partition coefficient (Wildman–Crippen LogP) is 1.34. The molecule has 3 heterocycles. The third kappa shape index (κ3) is 2.71. The summed E-state index contributed by atoms with van der Waals surface area (Å²) >= 11 is 0. The summed E-state index contributed by atoms with van der Waals surface area (Å²) < 4.78 is 0. The fourth-order valence-electron chi connectivity index (χ4n) is 3.85. The normalized spacial score (nSPS) is 23.6. The summed E-state index contributed by atoms with van der Waals surface area (Å²) in [7, 11) is 0. The minimum atomic E-state index is -0.214. The van der Waals surface area contributed by atoms with E-state index in [1.165, 1.54) is 25.2 Å². The van der Waals surface area contributed by atoms with Crippen molar-refractivity contribution in [1.82, 2.24) is 19.8 Å². The van der Waals surface area contributed by atoms with Crippen molar-refractivity contribution in [3.05, 3.63) is 24.3 Å². The van der Waals surface area contributed by atoms with Crippen LogP contribution in [0.15, 0.2) is 18.6 Å². The van der Waals surface area contributed by atoms with Crippen molar-refractivity contribution in [1.29, 1.82) is 0 Å². The second kappa shape index (κ2) is 5.58. The largest absolute Gasteiger partial charge is 0.342 e. The quantitative estimate of drug-likeness (QED) is 0.844. The molecule has 6 heteroatoms. The van der Waals surface area contributed by atoms with Gasteiger partial charge >= 0.3 is 0 Å². The number of carbonyl (C=O) groups is 2. The Labute approximate surface area is 135 Å². The van der Waals surface area contributed by atoms with Crippen LogP contribution in [0.3, 0.4) is 0 Å². The first-order valence-corrected chi connectivity index (χ1v) is 8.53. The molecule has 2 aliphatic heterocycles. The van der Waals surface area contributed by atoms with Crippen LogP contribution in [0.5, 0.6) is 0 Å². The van der Waals surface area contributed by atoms with Gasteiger partial charge in [-0.25, -0.2) is 4.98 Å². The fraction of sp³-hybridized carbons (Fsp3) is 0.647. The summed E-state index contributed by atoms with van der Waals surface area (Å²) in [5.74, 6) is 0.997. The highest BCUT2D eigenvalue weighted by molar-refractivity contribution is 5.92. The highest BCUT2D eigenvalue weighted by Gasteiger charge is 2.49. The van der Waals surface area contributed by atoms with Crippen LogP contribution in [0.1, 0.15) is 42.6 Å². The minimum absolute atomic E-state index is 0.0757. The Hall–Kier alpha value is -1.98. The molecule has 2 amide bonds. The Morgan fingerprint density at radius 2 is 1.91 bits per heavy atom. The Kier molecular flexibility index (Phi) is 3.54. The first-order chi connectivity index (χ1) is 11.2. The van der Waals surface area contributed by atoms with Gasteiger partial charge in [-0.05, 0) is 38.0 Å². The summed E-state index contributed by atoms with van der Waals surface area (Å²) in [6.45, 7) is 3.12. The molecule has 0 aromatic carbocycles. The summed E-state index contributed by atoms with van der Waals surface area (Å²) in [6.07, 6.45) is 9.66. The lowest BCUT2D eigenvalue weighted by Crippen LogP contribution is -2.47. The number of amides is 2. The molecule has 1 aliphatic carbocycles. The summed E-state index contributed by atoms with van der Waals surface area (Å²) in [5, 5.41) is 0. The van der Waals surface area contributed by atoms with E-state index in [2.05, 4.69) is 14.9 Å². The first kappa shape index (κ1) is 14.6. The molecule has 1 aromatic rings. The molecule has 6 nitrogen and oxygen atoms in total. The van der Waals surface area contributed by atoms with Crippen LogP contribution < -0.4 is 0 Å². The van der Waals surface area contributed by atoms with Crippen molar-refractivity contribution in [3.8, 4) is 0 Å². The number of aromatic nitrogens is 2. The van der Waals surface area contributed by atoms with Gasteiger partial charge in [0.15, 0.2) is 0 Å². The molecule has 3 fully saturated rings. The van der Waals surface area contributed by atoms with E-state index in [1.807, 2.05) is 4.90 Å². The number of hydrogen-bond acceptors (Lipinski definition) is 4. The number of piperidine rings is 1. The fourth-order valence-corrected chi connectivity index (χ4v) is 3.85. The zero-order valence-electron chi connectivity index (χ0n) is 13.3. The van der Waals surface area contributed by atoms with Gasteiger partial charge in [-0.1, -0.05) is 0 Å². The molecule has 1 aromatic heterocycles. The van der Waals surface area contributed by atoms with E-state index < -0.39 is 0 Å². The zero-order chi connectivity index (χ0) is 15.9. The van der Waals surface area contributed by atoms with E-state index >= 15 is 0 Å². The summed E-state index contributed by atoms with van der Waals surface area (Å²) in [5.41, 5.74) is 0.171. The lowest BCUT2D eigenvalue weighted by Gasteiger charge is -2.37. The molecule has 0 atom stereocenters. The second-order valence-electron chi connectivity index (χ2n) is 7.11. The third-order valence-electron chi connectivity index (χ3n) is 5.57. The molecule has 1 saturated carbocycles. The van der Waals surface area contributed by atoms with Gasteiger partial charge in [0.2, 0.25) is 5.91 Å². The molecule has 0 bridgehead atoms. The maximum Gasteiger partial charge on any atom is 0.274 e. The van der Waals surface area contributed by atoms with E-state index in [4.69, 9.17) is 0 Å². The van der Waals surface area contributed by atoms with Crippen molar-refractivity contribution in [2.45, 2.75) is 32.1 Å². The number of hydrogen-bond donors (Lipinski definition) is 0. The maximum absolute atomic E-state index is 12.8. The van der Waals surface area contributed by atoms with Gasteiger partial charge in [0.25, 0.3) is 5.91 Å². The van der Waals surface area contributed by atoms with Crippen LogP contribution in [0.4, 0.5) is 0 Å².